The molecule has 1 aromatic heterocycles. The van der Waals surface area contributed by atoms with Gasteiger partial charge in [-0.3, -0.25) is 9.59 Å². The summed E-state index contributed by atoms with van der Waals surface area (Å²) in [5.74, 6) is 1.15. The third-order valence-corrected chi connectivity index (χ3v) is 6.55. The normalized spacial score (nSPS) is 15.8. The fraction of sp³-hybridized carbons (Fsp3) is 0.500. The van der Waals surface area contributed by atoms with Crippen LogP contribution in [0.5, 0.6) is 5.75 Å². The molecule has 0 saturated carbocycles. The predicted molar refractivity (Wildman–Crippen MR) is 121 cm³/mol. The Morgan fingerprint density at radius 1 is 1.27 bits per heavy atom. The van der Waals surface area contributed by atoms with E-state index in [1.807, 2.05) is 56.9 Å². The van der Waals surface area contributed by atoms with E-state index in [0.29, 0.717) is 26.1 Å². The largest absolute Gasteiger partial charge is 0.491 e. The summed E-state index contributed by atoms with van der Waals surface area (Å²) in [4.78, 5) is 30.7. The molecule has 1 atom stereocenters. The minimum Gasteiger partial charge on any atom is -0.491 e. The van der Waals surface area contributed by atoms with Gasteiger partial charge in [-0.25, -0.2) is 0 Å². The average molecular weight is 429 g/mol. The Bertz CT molecular complexity index is 877. The summed E-state index contributed by atoms with van der Waals surface area (Å²) in [7, 11) is 0. The summed E-state index contributed by atoms with van der Waals surface area (Å²) in [5.41, 5.74) is 2.25. The van der Waals surface area contributed by atoms with Gasteiger partial charge in [0, 0.05) is 24.4 Å². The molecule has 0 N–H and O–H groups in total. The smallest absolute Gasteiger partial charge is 0.242 e. The van der Waals surface area contributed by atoms with Gasteiger partial charge in [0.25, 0.3) is 0 Å². The second kappa shape index (κ2) is 10.1. The molecule has 2 amide bonds. The Morgan fingerprint density at radius 2 is 2.03 bits per heavy atom. The maximum absolute atomic E-state index is 13.3. The third kappa shape index (κ3) is 5.22. The number of nitrogens with zero attached hydrogens (tertiary/aromatic N) is 2. The summed E-state index contributed by atoms with van der Waals surface area (Å²) in [6.45, 7) is 9.73. The molecule has 6 heteroatoms. The van der Waals surface area contributed by atoms with E-state index in [-0.39, 0.29) is 30.3 Å². The monoisotopic (exact) mass is 428 g/mol. The Balaban J connectivity index is 1.75. The number of hydrogen-bond acceptors (Lipinski definition) is 4. The van der Waals surface area contributed by atoms with Gasteiger partial charge in [0.15, 0.2) is 0 Å². The fourth-order valence-corrected chi connectivity index (χ4v) is 4.80. The summed E-state index contributed by atoms with van der Waals surface area (Å²) < 4.78 is 6.14. The van der Waals surface area contributed by atoms with Gasteiger partial charge < -0.3 is 14.5 Å². The molecule has 3 rings (SSSR count). The van der Waals surface area contributed by atoms with E-state index < -0.39 is 0 Å². The number of amides is 2. The Labute approximate surface area is 183 Å². The van der Waals surface area contributed by atoms with Crippen molar-refractivity contribution in [3.8, 4) is 5.75 Å². The number of likely N-dealkylation sites (N-methyl/N-ethyl adjacent to an activating group) is 1. The molecule has 30 heavy (non-hydrogen) atoms. The van der Waals surface area contributed by atoms with E-state index in [9.17, 15) is 9.59 Å². The number of rotatable bonds is 8. The summed E-state index contributed by atoms with van der Waals surface area (Å²) in [6.07, 6.45) is 1.32. The van der Waals surface area contributed by atoms with Crippen LogP contribution in [-0.2, 0) is 16.0 Å². The van der Waals surface area contributed by atoms with Crippen molar-refractivity contribution >= 4 is 23.2 Å². The second-order valence-electron chi connectivity index (χ2n) is 8.23. The quantitative estimate of drug-likeness (QED) is 0.624. The lowest BCUT2D eigenvalue weighted by molar-refractivity contribution is -0.143. The van der Waals surface area contributed by atoms with Gasteiger partial charge in [0.2, 0.25) is 11.8 Å². The molecule has 1 aromatic carbocycles. The summed E-state index contributed by atoms with van der Waals surface area (Å²) in [6, 6.07) is 9.90. The van der Waals surface area contributed by atoms with Crippen LogP contribution in [0.15, 0.2) is 35.7 Å². The molecular formula is C24H32N2O3S. The minimum absolute atomic E-state index is 0.0100. The average Bonchev–Trinajstić information content (AvgIpc) is 3.19. The van der Waals surface area contributed by atoms with Crippen LogP contribution in [0.1, 0.15) is 49.2 Å². The van der Waals surface area contributed by atoms with Crippen molar-refractivity contribution in [2.45, 2.75) is 46.6 Å². The number of aryl methyl sites for hydroxylation is 1. The number of hydrogen-bond donors (Lipinski definition) is 0. The van der Waals surface area contributed by atoms with Crippen molar-refractivity contribution in [3.05, 3.63) is 51.7 Å². The van der Waals surface area contributed by atoms with Crippen molar-refractivity contribution in [3.63, 3.8) is 0 Å². The van der Waals surface area contributed by atoms with E-state index >= 15 is 0 Å². The van der Waals surface area contributed by atoms with Crippen LogP contribution >= 0.6 is 11.3 Å². The highest BCUT2D eigenvalue weighted by Crippen LogP contribution is 2.34. The van der Waals surface area contributed by atoms with Crippen molar-refractivity contribution in [2.24, 2.45) is 5.92 Å². The molecule has 2 aromatic rings. The first-order valence-corrected chi connectivity index (χ1v) is 11.6. The number of thiophene rings is 1. The zero-order valence-corrected chi connectivity index (χ0v) is 19.2. The van der Waals surface area contributed by atoms with Crippen LogP contribution < -0.4 is 4.74 Å². The summed E-state index contributed by atoms with van der Waals surface area (Å²) >= 11 is 1.74. The standard InChI is InChI=1S/C24H32N2O3S/c1-5-25(23(27)14-17(2)3)15-24(28)26-12-10-22-19(11-13-30-22)20(26)16-29-21-9-7-6-8-18(21)4/h6-9,11,13,17,20H,5,10,12,14-16H2,1-4H3/t20-/m1/s1. The molecule has 0 unspecified atom stereocenters. The maximum Gasteiger partial charge on any atom is 0.242 e. The molecule has 2 heterocycles. The number of carbonyl (C=O) groups is 2. The highest BCUT2D eigenvalue weighted by Gasteiger charge is 2.33. The number of carbonyl (C=O) groups excluding carboxylic acids is 2. The highest BCUT2D eigenvalue weighted by molar-refractivity contribution is 7.10. The highest BCUT2D eigenvalue weighted by atomic mass is 32.1. The van der Waals surface area contributed by atoms with Crippen LogP contribution in [0.4, 0.5) is 0 Å². The predicted octanol–water partition coefficient (Wildman–Crippen LogP) is 4.46. The lowest BCUT2D eigenvalue weighted by Gasteiger charge is -2.37. The van der Waals surface area contributed by atoms with Crippen molar-refractivity contribution in [2.75, 3.05) is 26.2 Å². The Hall–Kier alpha value is -2.34. The molecule has 5 nitrogen and oxygen atoms in total. The van der Waals surface area contributed by atoms with Crippen molar-refractivity contribution in [1.82, 2.24) is 9.80 Å². The Kier molecular flexibility index (Phi) is 7.53. The van der Waals surface area contributed by atoms with Gasteiger partial charge in [-0.2, -0.15) is 0 Å². The van der Waals surface area contributed by atoms with Crippen LogP contribution in [0, 0.1) is 12.8 Å². The number of benzene rings is 1. The number of fused-ring (bicyclic) bond motifs is 1. The Morgan fingerprint density at radius 3 is 2.73 bits per heavy atom. The lowest BCUT2D eigenvalue weighted by atomic mass is 10.00. The fourth-order valence-electron chi connectivity index (χ4n) is 3.87. The number of para-hydroxylation sites is 1. The molecular weight excluding hydrogens is 396 g/mol. The van der Waals surface area contributed by atoms with E-state index in [1.165, 1.54) is 10.4 Å². The van der Waals surface area contributed by atoms with Crippen molar-refractivity contribution in [1.29, 1.82) is 0 Å². The zero-order chi connectivity index (χ0) is 21.7. The molecule has 0 saturated heterocycles. The number of ether oxygens (including phenoxy) is 1. The van der Waals surface area contributed by atoms with E-state index in [4.69, 9.17) is 4.74 Å². The van der Waals surface area contributed by atoms with Crippen LogP contribution in [-0.4, -0.2) is 47.9 Å². The molecule has 0 radical (unpaired) electrons. The third-order valence-electron chi connectivity index (χ3n) is 5.55. The SMILES string of the molecule is CCN(CC(=O)N1CCc2sccc2[C@H]1COc1ccccc1C)C(=O)CC(C)C. The molecule has 1 aliphatic rings. The minimum atomic E-state index is -0.133. The molecule has 0 fully saturated rings. The topological polar surface area (TPSA) is 49.9 Å². The van der Waals surface area contributed by atoms with Gasteiger partial charge in [-0.05, 0) is 54.8 Å². The van der Waals surface area contributed by atoms with Crippen LogP contribution in [0.2, 0.25) is 0 Å². The van der Waals surface area contributed by atoms with Gasteiger partial charge in [0.05, 0.1) is 12.6 Å². The first kappa shape index (κ1) is 22.3. The van der Waals surface area contributed by atoms with E-state index in [1.54, 1.807) is 16.2 Å². The molecule has 162 valence electrons. The zero-order valence-electron chi connectivity index (χ0n) is 18.4. The van der Waals surface area contributed by atoms with Gasteiger partial charge in [-0.15, -0.1) is 11.3 Å². The van der Waals surface area contributed by atoms with Gasteiger partial charge in [0.1, 0.15) is 12.4 Å². The van der Waals surface area contributed by atoms with Crippen LogP contribution in [0.25, 0.3) is 0 Å². The van der Waals surface area contributed by atoms with Crippen molar-refractivity contribution < 1.29 is 14.3 Å². The second-order valence-corrected chi connectivity index (χ2v) is 9.24. The van der Waals surface area contributed by atoms with Gasteiger partial charge in [-0.1, -0.05) is 32.0 Å². The molecule has 0 bridgehead atoms. The lowest BCUT2D eigenvalue weighted by Crippen LogP contribution is -2.47. The van der Waals surface area contributed by atoms with Gasteiger partial charge >= 0.3 is 0 Å². The molecule has 0 spiro atoms. The maximum atomic E-state index is 13.3. The molecule has 0 aliphatic carbocycles. The van der Waals surface area contributed by atoms with Crippen LogP contribution in [0.3, 0.4) is 0 Å². The first-order chi connectivity index (χ1) is 14.4. The van der Waals surface area contributed by atoms with E-state index in [2.05, 4.69) is 11.4 Å². The summed E-state index contributed by atoms with van der Waals surface area (Å²) in [5, 5.41) is 2.09. The van der Waals surface area contributed by atoms with E-state index in [0.717, 1.165) is 17.7 Å². The first-order valence-electron chi connectivity index (χ1n) is 10.7. The molecule has 1 aliphatic heterocycles.